The molecule has 4 aliphatic carbocycles. The molecule has 0 aromatic carbocycles. The zero-order valence-electron chi connectivity index (χ0n) is 19.7. The average molecular weight is 427 g/mol. The van der Waals surface area contributed by atoms with Gasteiger partial charge in [0.05, 0.1) is 5.92 Å². The first-order valence-electron chi connectivity index (χ1n) is 13.0. The molecule has 3 unspecified atom stereocenters. The predicted molar refractivity (Wildman–Crippen MR) is 125 cm³/mol. The lowest BCUT2D eigenvalue weighted by atomic mass is 9.54. The van der Waals surface area contributed by atoms with Crippen LogP contribution in [0, 0.1) is 40.9 Å². The van der Waals surface area contributed by atoms with Gasteiger partial charge in [0, 0.05) is 5.92 Å². The Balaban J connectivity index is 1.36. The van der Waals surface area contributed by atoms with E-state index < -0.39 is 5.97 Å². The van der Waals surface area contributed by atoms with E-state index in [0.29, 0.717) is 29.0 Å². The molecule has 4 aliphatic rings. The summed E-state index contributed by atoms with van der Waals surface area (Å²) in [6.45, 7) is 4.84. The van der Waals surface area contributed by atoms with Crippen molar-refractivity contribution in [2.75, 3.05) is 0 Å². The highest BCUT2D eigenvalue weighted by molar-refractivity contribution is 5.91. The fourth-order valence-corrected chi connectivity index (χ4v) is 7.21. The molecule has 3 nitrogen and oxygen atoms in total. The molecular weight excluding hydrogens is 384 g/mol. The van der Waals surface area contributed by atoms with Crippen LogP contribution in [0.4, 0.5) is 0 Å². The molecule has 0 bridgehead atoms. The highest BCUT2D eigenvalue weighted by atomic mass is 16.4. The normalized spacial score (nSPS) is 36.6. The Bertz CT molecular complexity index is 717. The fraction of sp³-hybridized carbons (Fsp3) is 0.786. The minimum absolute atomic E-state index is 0.179. The Hall–Kier alpha value is -1.38. The Morgan fingerprint density at radius 1 is 0.935 bits per heavy atom. The average Bonchev–Trinajstić information content (AvgIpc) is 2.78. The molecule has 1 N–H and O–H groups in total. The molecule has 0 aromatic rings. The minimum Gasteiger partial charge on any atom is -0.481 e. The quantitative estimate of drug-likeness (QED) is 0.381. The van der Waals surface area contributed by atoms with Gasteiger partial charge in [0.2, 0.25) is 0 Å². The van der Waals surface area contributed by atoms with Crippen LogP contribution in [0.3, 0.4) is 0 Å². The molecule has 0 radical (unpaired) electrons. The van der Waals surface area contributed by atoms with Crippen LogP contribution in [0.5, 0.6) is 0 Å². The summed E-state index contributed by atoms with van der Waals surface area (Å²) in [5, 5.41) is 9.18. The van der Waals surface area contributed by atoms with E-state index in [-0.39, 0.29) is 11.8 Å². The number of aliphatic carboxylic acids is 1. The lowest BCUT2D eigenvalue weighted by Crippen LogP contribution is -2.42. The van der Waals surface area contributed by atoms with Crippen LogP contribution in [0.2, 0.25) is 0 Å². The number of carboxylic acids is 1. The summed E-state index contributed by atoms with van der Waals surface area (Å²) in [6.07, 6.45) is 21.3. The van der Waals surface area contributed by atoms with E-state index in [4.69, 9.17) is 0 Å². The molecule has 172 valence electrons. The Morgan fingerprint density at radius 2 is 1.61 bits per heavy atom. The second-order valence-electron chi connectivity index (χ2n) is 11.7. The molecule has 0 spiro atoms. The highest BCUT2D eigenvalue weighted by Crippen LogP contribution is 2.54. The van der Waals surface area contributed by atoms with E-state index in [9.17, 15) is 14.7 Å². The zero-order valence-corrected chi connectivity index (χ0v) is 19.7. The maximum atomic E-state index is 13.1. The Labute approximate surface area is 188 Å². The number of allylic oxidation sites excluding steroid dienone is 4. The van der Waals surface area contributed by atoms with Crippen LogP contribution in [0.15, 0.2) is 23.8 Å². The summed E-state index contributed by atoms with van der Waals surface area (Å²) in [6, 6.07) is 0. The highest BCUT2D eigenvalue weighted by Gasteiger charge is 2.45. The van der Waals surface area contributed by atoms with Gasteiger partial charge in [-0.3, -0.25) is 9.59 Å². The molecular formula is C28H42O3. The summed E-state index contributed by atoms with van der Waals surface area (Å²) < 4.78 is 0. The van der Waals surface area contributed by atoms with Gasteiger partial charge in [-0.25, -0.2) is 0 Å². The molecule has 0 amide bonds. The van der Waals surface area contributed by atoms with Gasteiger partial charge in [0.15, 0.2) is 5.78 Å². The number of carboxylic acid groups (broad SMARTS) is 1. The van der Waals surface area contributed by atoms with Crippen LogP contribution >= 0.6 is 0 Å². The van der Waals surface area contributed by atoms with Crippen molar-refractivity contribution in [3.05, 3.63) is 23.8 Å². The SMILES string of the molecule is CC1(C)CC=C(C2CCCCC2)C2CCC(C(=O)/C=C/C3CCC(C(=O)O)CC3)CC21. The smallest absolute Gasteiger partial charge is 0.306 e. The second-order valence-corrected chi connectivity index (χ2v) is 11.7. The van der Waals surface area contributed by atoms with E-state index in [1.165, 1.54) is 44.9 Å². The summed E-state index contributed by atoms with van der Waals surface area (Å²) >= 11 is 0. The van der Waals surface area contributed by atoms with E-state index in [1.54, 1.807) is 5.57 Å². The van der Waals surface area contributed by atoms with Crippen LogP contribution in [0.1, 0.15) is 97.3 Å². The summed E-state index contributed by atoms with van der Waals surface area (Å²) in [5.74, 6) is 2.18. The number of carbonyl (C=O) groups excluding carboxylic acids is 1. The van der Waals surface area contributed by atoms with Gasteiger partial charge in [-0.1, -0.05) is 50.8 Å². The summed E-state index contributed by atoms with van der Waals surface area (Å²) in [5.41, 5.74) is 2.06. The number of ketones is 1. The lowest BCUT2D eigenvalue weighted by Gasteiger charge is -2.50. The van der Waals surface area contributed by atoms with Crippen molar-refractivity contribution in [3.63, 3.8) is 0 Å². The van der Waals surface area contributed by atoms with E-state index in [2.05, 4.69) is 26.0 Å². The number of rotatable bonds is 5. The Kier molecular flexibility index (Phi) is 7.08. The predicted octanol–water partition coefficient (Wildman–Crippen LogP) is 6.97. The first-order valence-corrected chi connectivity index (χ1v) is 13.0. The zero-order chi connectivity index (χ0) is 22.0. The first-order chi connectivity index (χ1) is 14.8. The van der Waals surface area contributed by atoms with Crippen molar-refractivity contribution in [1.29, 1.82) is 0 Å². The fourth-order valence-electron chi connectivity index (χ4n) is 7.21. The number of fused-ring (bicyclic) bond motifs is 1. The maximum absolute atomic E-state index is 13.1. The molecule has 3 heteroatoms. The molecule has 31 heavy (non-hydrogen) atoms. The van der Waals surface area contributed by atoms with Crippen LogP contribution in [0.25, 0.3) is 0 Å². The van der Waals surface area contributed by atoms with Crippen molar-refractivity contribution in [2.45, 2.75) is 97.3 Å². The first kappa shape index (κ1) is 22.8. The summed E-state index contributed by atoms with van der Waals surface area (Å²) in [4.78, 5) is 24.2. The standard InChI is InChI=1S/C28H42O3/c1-28(2)17-16-23(20-6-4-3-5-7-20)24-14-13-22(18-25(24)28)26(29)15-10-19-8-11-21(12-9-19)27(30)31/h10,15-16,19-22,24-25H,3-9,11-14,17-18H2,1-2H3,(H,30,31)/b15-10+. The lowest BCUT2D eigenvalue weighted by molar-refractivity contribution is -0.143. The van der Waals surface area contributed by atoms with Gasteiger partial charge >= 0.3 is 5.97 Å². The molecule has 0 aromatic heterocycles. The Morgan fingerprint density at radius 3 is 2.29 bits per heavy atom. The number of carbonyl (C=O) groups is 2. The third kappa shape index (κ3) is 5.17. The molecule has 0 heterocycles. The number of hydrogen-bond donors (Lipinski definition) is 1. The van der Waals surface area contributed by atoms with Gasteiger partial charge in [0.25, 0.3) is 0 Å². The van der Waals surface area contributed by atoms with Crippen molar-refractivity contribution in [3.8, 4) is 0 Å². The van der Waals surface area contributed by atoms with Crippen molar-refractivity contribution in [2.24, 2.45) is 40.9 Å². The van der Waals surface area contributed by atoms with Gasteiger partial charge in [-0.2, -0.15) is 0 Å². The van der Waals surface area contributed by atoms with Crippen molar-refractivity contribution in [1.82, 2.24) is 0 Å². The van der Waals surface area contributed by atoms with Crippen LogP contribution in [-0.4, -0.2) is 16.9 Å². The van der Waals surface area contributed by atoms with E-state index >= 15 is 0 Å². The van der Waals surface area contributed by atoms with Gasteiger partial charge in [-0.15, -0.1) is 0 Å². The van der Waals surface area contributed by atoms with Gasteiger partial charge in [0.1, 0.15) is 0 Å². The minimum atomic E-state index is -0.660. The third-order valence-corrected chi connectivity index (χ3v) is 9.28. The molecule has 3 fully saturated rings. The maximum Gasteiger partial charge on any atom is 0.306 e. The largest absolute Gasteiger partial charge is 0.481 e. The van der Waals surface area contributed by atoms with E-state index in [0.717, 1.165) is 44.4 Å². The molecule has 3 atom stereocenters. The van der Waals surface area contributed by atoms with Crippen LogP contribution in [-0.2, 0) is 9.59 Å². The second kappa shape index (κ2) is 9.63. The van der Waals surface area contributed by atoms with Gasteiger partial charge in [-0.05, 0) is 99.4 Å². The third-order valence-electron chi connectivity index (χ3n) is 9.28. The number of hydrogen-bond acceptors (Lipinski definition) is 2. The van der Waals surface area contributed by atoms with Gasteiger partial charge < -0.3 is 5.11 Å². The van der Waals surface area contributed by atoms with Crippen LogP contribution < -0.4 is 0 Å². The topological polar surface area (TPSA) is 54.4 Å². The van der Waals surface area contributed by atoms with E-state index in [1.807, 2.05) is 6.08 Å². The van der Waals surface area contributed by atoms with Crippen molar-refractivity contribution < 1.29 is 14.7 Å². The summed E-state index contributed by atoms with van der Waals surface area (Å²) in [7, 11) is 0. The monoisotopic (exact) mass is 426 g/mol. The molecule has 0 aliphatic heterocycles. The van der Waals surface area contributed by atoms with Crippen molar-refractivity contribution >= 4 is 11.8 Å². The molecule has 0 saturated heterocycles. The molecule has 4 rings (SSSR count). The molecule has 3 saturated carbocycles.